The van der Waals surface area contributed by atoms with Crippen LogP contribution in [-0.2, 0) is 17.8 Å². The molecule has 3 aliphatic rings. The average molecular weight is 482 g/mol. The number of furan rings is 1. The number of nitriles is 1. The Morgan fingerprint density at radius 2 is 1.89 bits per heavy atom. The molecule has 1 aromatic heterocycles. The highest BCUT2D eigenvalue weighted by Crippen LogP contribution is 2.48. The van der Waals surface area contributed by atoms with Crippen LogP contribution in [0.1, 0.15) is 77.0 Å². The molecule has 184 valence electrons. The van der Waals surface area contributed by atoms with E-state index in [-0.39, 0.29) is 17.6 Å². The molecule has 2 aliphatic heterocycles. The first-order valence-electron chi connectivity index (χ1n) is 12.8. The Morgan fingerprint density at radius 1 is 1.08 bits per heavy atom. The Labute approximate surface area is 212 Å². The van der Waals surface area contributed by atoms with E-state index in [1.807, 2.05) is 23.1 Å². The molecule has 36 heavy (non-hydrogen) atoms. The number of anilines is 1. The van der Waals surface area contributed by atoms with Gasteiger partial charge in [0.05, 0.1) is 35.8 Å². The molecule has 1 saturated heterocycles. The van der Waals surface area contributed by atoms with E-state index in [9.17, 15) is 10.1 Å². The van der Waals surface area contributed by atoms with Crippen molar-refractivity contribution >= 4 is 11.6 Å². The molecule has 6 rings (SSSR count). The predicted octanol–water partition coefficient (Wildman–Crippen LogP) is 5.58. The summed E-state index contributed by atoms with van der Waals surface area (Å²) in [6, 6.07) is 18.3. The van der Waals surface area contributed by atoms with Crippen molar-refractivity contribution < 1.29 is 13.9 Å². The molecule has 1 aliphatic carbocycles. The van der Waals surface area contributed by atoms with Crippen LogP contribution in [0.4, 0.5) is 5.69 Å². The molecule has 0 bridgehead atoms. The number of carbonyl (C=O) groups is 1. The van der Waals surface area contributed by atoms with Gasteiger partial charge in [0.2, 0.25) is 0 Å². The third kappa shape index (κ3) is 4.08. The smallest absolute Gasteiger partial charge is 0.290 e. The Morgan fingerprint density at radius 3 is 2.58 bits per heavy atom. The van der Waals surface area contributed by atoms with Crippen LogP contribution in [0.5, 0.6) is 0 Å². The summed E-state index contributed by atoms with van der Waals surface area (Å²) >= 11 is 0. The lowest BCUT2D eigenvalue weighted by Crippen LogP contribution is -2.51. The SMILES string of the molecule is CC1(C)Cc2c(C#N)c(N3CCN(C(=O)c4ccco4)[C@H](c4ccccc4)C3)cc(C3CC3)c2CO1. The molecule has 2 aromatic carbocycles. The summed E-state index contributed by atoms with van der Waals surface area (Å²) in [5, 5.41) is 10.4. The number of hydrogen-bond donors (Lipinski definition) is 0. The van der Waals surface area contributed by atoms with Gasteiger partial charge in [-0.2, -0.15) is 5.26 Å². The van der Waals surface area contributed by atoms with Gasteiger partial charge in [0.25, 0.3) is 5.91 Å². The number of benzene rings is 2. The molecule has 6 heteroatoms. The van der Waals surface area contributed by atoms with Gasteiger partial charge in [-0.25, -0.2) is 0 Å². The highest BCUT2D eigenvalue weighted by molar-refractivity contribution is 5.92. The van der Waals surface area contributed by atoms with Crippen LogP contribution < -0.4 is 4.90 Å². The minimum absolute atomic E-state index is 0.1000. The van der Waals surface area contributed by atoms with Crippen molar-refractivity contribution in [1.29, 1.82) is 5.26 Å². The fourth-order valence-electron chi connectivity index (χ4n) is 5.78. The van der Waals surface area contributed by atoms with Crippen molar-refractivity contribution in [2.24, 2.45) is 0 Å². The third-order valence-electron chi connectivity index (χ3n) is 7.80. The lowest BCUT2D eigenvalue weighted by Gasteiger charge is -2.43. The summed E-state index contributed by atoms with van der Waals surface area (Å²) in [4.78, 5) is 17.6. The van der Waals surface area contributed by atoms with Gasteiger partial charge in [0.15, 0.2) is 5.76 Å². The molecule has 1 atom stereocenters. The molecule has 6 nitrogen and oxygen atoms in total. The number of nitrogens with zero attached hydrogens (tertiary/aromatic N) is 3. The zero-order valence-electron chi connectivity index (χ0n) is 20.9. The topological polar surface area (TPSA) is 69.7 Å². The summed E-state index contributed by atoms with van der Waals surface area (Å²) in [6.45, 7) is 6.60. The van der Waals surface area contributed by atoms with E-state index in [4.69, 9.17) is 9.15 Å². The molecule has 1 saturated carbocycles. The summed E-state index contributed by atoms with van der Waals surface area (Å²) in [6.07, 6.45) is 4.66. The Balaban J connectivity index is 1.41. The molecule has 0 unspecified atom stereocenters. The number of hydrogen-bond acceptors (Lipinski definition) is 5. The number of carbonyl (C=O) groups excluding carboxylic acids is 1. The predicted molar refractivity (Wildman–Crippen MR) is 137 cm³/mol. The quantitative estimate of drug-likeness (QED) is 0.486. The maximum absolute atomic E-state index is 13.4. The Bertz CT molecular complexity index is 1320. The second-order valence-corrected chi connectivity index (χ2v) is 10.8. The number of rotatable bonds is 4. The molecule has 0 spiro atoms. The minimum Gasteiger partial charge on any atom is -0.459 e. The molecule has 3 heterocycles. The van der Waals surface area contributed by atoms with Crippen LogP contribution >= 0.6 is 0 Å². The van der Waals surface area contributed by atoms with Gasteiger partial charge in [-0.1, -0.05) is 30.3 Å². The van der Waals surface area contributed by atoms with Crippen LogP contribution in [0.25, 0.3) is 0 Å². The summed E-state index contributed by atoms with van der Waals surface area (Å²) in [5.74, 6) is 0.813. The summed E-state index contributed by atoms with van der Waals surface area (Å²) in [5.41, 5.74) is 6.28. The van der Waals surface area contributed by atoms with Crippen molar-refractivity contribution in [3.8, 4) is 6.07 Å². The van der Waals surface area contributed by atoms with Crippen molar-refractivity contribution in [1.82, 2.24) is 4.90 Å². The van der Waals surface area contributed by atoms with Gasteiger partial charge >= 0.3 is 0 Å². The van der Waals surface area contributed by atoms with Crippen LogP contribution in [0.15, 0.2) is 59.2 Å². The third-order valence-corrected chi connectivity index (χ3v) is 7.80. The van der Waals surface area contributed by atoms with Gasteiger partial charge in [0, 0.05) is 26.1 Å². The maximum Gasteiger partial charge on any atom is 0.290 e. The zero-order chi connectivity index (χ0) is 24.9. The van der Waals surface area contributed by atoms with Crippen molar-refractivity contribution in [3.63, 3.8) is 0 Å². The monoisotopic (exact) mass is 481 g/mol. The van der Waals surface area contributed by atoms with E-state index in [0.29, 0.717) is 37.9 Å². The lowest BCUT2D eigenvalue weighted by molar-refractivity contribution is -0.0405. The highest BCUT2D eigenvalue weighted by Gasteiger charge is 2.38. The number of amides is 1. The highest BCUT2D eigenvalue weighted by atomic mass is 16.5. The van der Waals surface area contributed by atoms with Gasteiger partial charge in [-0.05, 0) is 73.1 Å². The second-order valence-electron chi connectivity index (χ2n) is 10.8. The Hall–Kier alpha value is -3.56. The van der Waals surface area contributed by atoms with Crippen LogP contribution in [-0.4, -0.2) is 36.0 Å². The van der Waals surface area contributed by atoms with Gasteiger partial charge < -0.3 is 19.0 Å². The van der Waals surface area contributed by atoms with E-state index in [1.54, 1.807) is 12.1 Å². The van der Waals surface area contributed by atoms with Crippen LogP contribution in [0, 0.1) is 11.3 Å². The first-order chi connectivity index (χ1) is 17.4. The summed E-state index contributed by atoms with van der Waals surface area (Å²) in [7, 11) is 0. The van der Waals surface area contributed by atoms with Crippen LogP contribution in [0.3, 0.4) is 0 Å². The standard InChI is InChI=1S/C30H31N3O3/c1-30(2)16-23-24(17-31)26(15-22(20-10-11-20)25(23)19-36-30)32-12-13-33(29(34)28-9-6-14-35-28)27(18-32)21-7-4-3-5-8-21/h3-9,14-15,20,27H,10-13,16,18-19H2,1-2H3/t27-/m0/s1. The molecule has 0 N–H and O–H groups in total. The minimum atomic E-state index is -0.293. The largest absolute Gasteiger partial charge is 0.459 e. The normalized spacial score (nSPS) is 21.1. The zero-order valence-corrected chi connectivity index (χ0v) is 20.9. The van der Waals surface area contributed by atoms with Gasteiger partial charge in [-0.3, -0.25) is 4.79 Å². The van der Waals surface area contributed by atoms with Gasteiger partial charge in [0.1, 0.15) is 6.07 Å². The van der Waals surface area contributed by atoms with Crippen LogP contribution in [0.2, 0.25) is 0 Å². The van der Waals surface area contributed by atoms with Crippen molar-refractivity contribution in [2.75, 3.05) is 24.5 Å². The maximum atomic E-state index is 13.4. The molecule has 0 radical (unpaired) electrons. The lowest BCUT2D eigenvalue weighted by atomic mass is 9.84. The Kier molecular flexibility index (Phi) is 5.61. The van der Waals surface area contributed by atoms with Gasteiger partial charge in [-0.15, -0.1) is 0 Å². The van der Waals surface area contributed by atoms with Crippen molar-refractivity contribution in [2.45, 2.75) is 57.3 Å². The fourth-order valence-corrected chi connectivity index (χ4v) is 5.78. The molecule has 3 aromatic rings. The van der Waals surface area contributed by atoms with E-state index >= 15 is 0 Å². The fraction of sp³-hybridized carbons (Fsp3) is 0.400. The van der Waals surface area contributed by atoms with Crippen molar-refractivity contribution in [3.05, 3.63) is 88.4 Å². The number of ether oxygens (including phenoxy) is 1. The molecule has 2 fully saturated rings. The second kappa shape index (κ2) is 8.83. The summed E-state index contributed by atoms with van der Waals surface area (Å²) < 4.78 is 11.6. The average Bonchev–Trinajstić information content (AvgIpc) is 3.59. The van der Waals surface area contributed by atoms with E-state index < -0.39 is 0 Å². The number of piperazine rings is 1. The van der Waals surface area contributed by atoms with E-state index in [1.165, 1.54) is 30.2 Å². The molecular formula is C30H31N3O3. The van der Waals surface area contributed by atoms with E-state index in [0.717, 1.165) is 28.8 Å². The first kappa shape index (κ1) is 22.9. The van der Waals surface area contributed by atoms with E-state index in [2.05, 4.69) is 43.0 Å². The molecular weight excluding hydrogens is 450 g/mol. The molecule has 1 amide bonds. The first-order valence-corrected chi connectivity index (χ1v) is 12.8. The number of fused-ring (bicyclic) bond motifs is 1.